The van der Waals surface area contributed by atoms with E-state index in [9.17, 15) is 15.8 Å². The lowest BCUT2D eigenvalue weighted by molar-refractivity contribution is 1.34. The van der Waals surface area contributed by atoms with Gasteiger partial charge in [0.15, 0.2) is 11.4 Å². The molecular weight excluding hydrogens is 428 g/mol. The molecule has 3 aromatic carbocycles. The average molecular weight is 432 g/mol. The Hall–Kier alpha value is -6.20. The Kier molecular flexibility index (Phi) is 4.18. The van der Waals surface area contributed by atoms with Crippen LogP contribution in [0, 0.1) is 53.7 Å². The number of aromatic nitrogens is 4. The molecule has 0 aliphatic carbocycles. The minimum absolute atomic E-state index is 0.0494. The van der Waals surface area contributed by atoms with Crippen molar-refractivity contribution in [3.05, 3.63) is 75.2 Å². The Morgan fingerprint density at radius 3 is 1.44 bits per heavy atom. The Bertz CT molecular complexity index is 1880. The van der Waals surface area contributed by atoms with Crippen molar-refractivity contribution in [1.82, 2.24) is 19.9 Å². The summed E-state index contributed by atoms with van der Waals surface area (Å²) in [7, 11) is 0. The van der Waals surface area contributed by atoms with Crippen LogP contribution in [0.5, 0.6) is 0 Å². The Balaban J connectivity index is 2.04. The van der Waals surface area contributed by atoms with E-state index in [4.69, 9.17) is 19.7 Å². The molecule has 2 aromatic heterocycles. The molecule has 0 saturated carbocycles. The Morgan fingerprint density at radius 1 is 0.559 bits per heavy atom. The van der Waals surface area contributed by atoms with Crippen LogP contribution in [0.3, 0.4) is 0 Å². The standard InChI is InChI=1S/C24H4N10/c1-28-14-6-18-19(7-15(14)29-2)34-24-22(33-18)20(30-3)13(10-27)21-23(24)32-17-5-12(9-26)11(8-25)4-16(17)31-21/h4-7H. The van der Waals surface area contributed by atoms with Gasteiger partial charge in [0.05, 0.1) is 75.6 Å². The molecule has 2 heterocycles. The second-order valence-corrected chi connectivity index (χ2v) is 6.95. The topological polar surface area (TPSA) is 136 Å². The van der Waals surface area contributed by atoms with Crippen LogP contribution in [0.1, 0.15) is 16.7 Å². The van der Waals surface area contributed by atoms with Crippen LogP contribution >= 0.6 is 0 Å². The third-order valence-corrected chi connectivity index (χ3v) is 5.19. The van der Waals surface area contributed by atoms with Crippen LogP contribution < -0.4 is 0 Å². The molecule has 0 fully saturated rings. The van der Waals surface area contributed by atoms with Crippen molar-refractivity contribution in [2.75, 3.05) is 0 Å². The fourth-order valence-corrected chi connectivity index (χ4v) is 3.66. The molecular formula is C24H4N10. The van der Waals surface area contributed by atoms with Gasteiger partial charge < -0.3 is 0 Å². The number of nitrogens with zero attached hydrogens (tertiary/aromatic N) is 10. The predicted molar refractivity (Wildman–Crippen MR) is 121 cm³/mol. The van der Waals surface area contributed by atoms with Gasteiger partial charge in [-0.3, -0.25) is 14.7 Å². The maximum absolute atomic E-state index is 9.85. The molecule has 0 aliphatic rings. The number of rotatable bonds is 0. The second kappa shape index (κ2) is 7.19. The van der Waals surface area contributed by atoms with E-state index in [0.717, 1.165) is 0 Å². The number of hydrogen-bond donors (Lipinski definition) is 0. The summed E-state index contributed by atoms with van der Waals surface area (Å²) in [6.45, 7) is 22.3. The first-order valence-electron chi connectivity index (χ1n) is 9.36. The summed E-state index contributed by atoms with van der Waals surface area (Å²) in [5.74, 6) is 0. The van der Waals surface area contributed by atoms with Crippen molar-refractivity contribution >= 4 is 61.2 Å². The fourth-order valence-electron chi connectivity index (χ4n) is 3.66. The zero-order valence-electron chi connectivity index (χ0n) is 16.8. The second-order valence-electron chi connectivity index (χ2n) is 6.95. The van der Waals surface area contributed by atoms with Crippen LogP contribution in [0.15, 0.2) is 24.3 Å². The van der Waals surface area contributed by atoms with Crippen molar-refractivity contribution in [2.24, 2.45) is 0 Å². The Morgan fingerprint density at radius 2 is 1.00 bits per heavy atom. The molecule has 5 aromatic rings. The van der Waals surface area contributed by atoms with Crippen molar-refractivity contribution in [3.8, 4) is 18.2 Å². The summed E-state index contributed by atoms with van der Waals surface area (Å²) >= 11 is 0. The maximum atomic E-state index is 9.85. The van der Waals surface area contributed by atoms with Gasteiger partial charge in [0.25, 0.3) is 0 Å². The van der Waals surface area contributed by atoms with Gasteiger partial charge >= 0.3 is 0 Å². The number of hydrogen-bond acceptors (Lipinski definition) is 7. The van der Waals surface area contributed by atoms with Crippen molar-refractivity contribution < 1.29 is 0 Å². The van der Waals surface area contributed by atoms with Crippen molar-refractivity contribution in [2.45, 2.75) is 0 Å². The molecule has 0 aliphatic heterocycles. The molecule has 0 unspecified atom stereocenters. The van der Waals surface area contributed by atoms with E-state index in [0.29, 0.717) is 16.6 Å². The third kappa shape index (κ3) is 2.62. The van der Waals surface area contributed by atoms with E-state index >= 15 is 0 Å². The normalized spacial score (nSPS) is 10.2. The van der Waals surface area contributed by atoms with Crippen LogP contribution in [0.4, 0.5) is 17.1 Å². The molecule has 34 heavy (non-hydrogen) atoms. The van der Waals surface area contributed by atoms with Gasteiger partial charge in [-0.05, 0) is 24.3 Å². The van der Waals surface area contributed by atoms with Gasteiger partial charge in [0.1, 0.15) is 23.2 Å². The highest BCUT2D eigenvalue weighted by atomic mass is 14.9. The van der Waals surface area contributed by atoms with Crippen molar-refractivity contribution in [1.29, 1.82) is 15.8 Å². The Labute approximate surface area is 190 Å². The fraction of sp³-hybridized carbons (Fsp3) is 0. The number of fused-ring (bicyclic) bond motifs is 5. The highest BCUT2D eigenvalue weighted by Gasteiger charge is 2.21. The average Bonchev–Trinajstić information content (AvgIpc) is 2.88. The lowest BCUT2D eigenvalue weighted by Gasteiger charge is -2.10. The summed E-state index contributed by atoms with van der Waals surface area (Å²) in [6.07, 6.45) is 0. The van der Waals surface area contributed by atoms with Gasteiger partial charge in [-0.15, -0.1) is 0 Å². The van der Waals surface area contributed by atoms with E-state index < -0.39 is 0 Å². The van der Waals surface area contributed by atoms with Gasteiger partial charge in [-0.25, -0.2) is 19.8 Å². The molecule has 5 rings (SSSR count). The molecule has 0 spiro atoms. The molecule has 10 nitrogen and oxygen atoms in total. The van der Waals surface area contributed by atoms with Crippen LogP contribution in [-0.2, 0) is 0 Å². The van der Waals surface area contributed by atoms with Gasteiger partial charge in [-0.2, -0.15) is 15.8 Å². The summed E-state index contributed by atoms with van der Waals surface area (Å²) in [5.41, 5.74) is 2.11. The molecule has 10 heteroatoms. The number of nitriles is 3. The minimum Gasteiger partial charge on any atom is -0.257 e. The lowest BCUT2D eigenvalue weighted by atomic mass is 10.1. The molecule has 0 N–H and O–H groups in total. The zero-order chi connectivity index (χ0) is 24.0. The summed E-state index contributed by atoms with van der Waals surface area (Å²) in [5, 5.41) is 28.5. The van der Waals surface area contributed by atoms with E-state index in [1.165, 1.54) is 24.3 Å². The van der Waals surface area contributed by atoms with E-state index in [-0.39, 0.29) is 61.3 Å². The summed E-state index contributed by atoms with van der Waals surface area (Å²) in [6, 6.07) is 11.6. The van der Waals surface area contributed by atoms with Gasteiger partial charge in [-0.1, -0.05) is 0 Å². The summed E-state index contributed by atoms with van der Waals surface area (Å²) < 4.78 is 0. The quantitative estimate of drug-likeness (QED) is 0.187. The smallest absolute Gasteiger partial charge is 0.234 e. The van der Waals surface area contributed by atoms with Crippen molar-refractivity contribution in [3.63, 3.8) is 0 Å². The number of benzene rings is 3. The molecule has 0 saturated heterocycles. The molecule has 150 valence electrons. The first kappa shape index (κ1) is 19.7. The zero-order valence-corrected chi connectivity index (χ0v) is 16.8. The first-order chi connectivity index (χ1) is 16.6. The largest absolute Gasteiger partial charge is 0.257 e. The first-order valence-corrected chi connectivity index (χ1v) is 9.36. The highest BCUT2D eigenvalue weighted by Crippen LogP contribution is 2.38. The highest BCUT2D eigenvalue weighted by molar-refractivity contribution is 6.13. The predicted octanol–water partition coefficient (Wildman–Crippen LogP) is 5.15. The summed E-state index contributed by atoms with van der Waals surface area (Å²) in [4.78, 5) is 28.3. The van der Waals surface area contributed by atoms with Gasteiger partial charge in [0.2, 0.25) is 5.69 Å². The van der Waals surface area contributed by atoms with E-state index in [1.54, 1.807) is 0 Å². The molecule has 0 amide bonds. The lowest BCUT2D eigenvalue weighted by Crippen LogP contribution is -1.98. The minimum atomic E-state index is -0.0687. The molecule has 0 atom stereocenters. The maximum Gasteiger partial charge on any atom is 0.234 e. The van der Waals surface area contributed by atoms with E-state index in [2.05, 4.69) is 34.5 Å². The SMILES string of the molecule is [C-]#[N+]c1cc2nc3c([N+]#[C-])c(C#N)c4nc5cc(C#N)c(C#N)cc5nc4c3nc2cc1[N+]#[C-]. The third-order valence-electron chi connectivity index (χ3n) is 5.19. The van der Waals surface area contributed by atoms with Crippen LogP contribution in [0.2, 0.25) is 0 Å². The van der Waals surface area contributed by atoms with E-state index in [1.807, 2.05) is 18.2 Å². The van der Waals surface area contributed by atoms with Crippen LogP contribution in [-0.4, -0.2) is 19.9 Å². The molecule has 0 radical (unpaired) electrons. The van der Waals surface area contributed by atoms with Gasteiger partial charge in [0, 0.05) is 0 Å². The monoisotopic (exact) mass is 432 g/mol. The van der Waals surface area contributed by atoms with Crippen LogP contribution in [0.25, 0.3) is 58.7 Å². The molecule has 0 bridgehead atoms.